The number of hydrogen-bond acceptors (Lipinski definition) is 7. The highest BCUT2D eigenvalue weighted by atomic mass is 35.9. The molecule has 1 aromatic heterocycles. The Morgan fingerprint density at radius 3 is 2.67 bits per heavy atom. The maximum atomic E-state index is 11.8. The van der Waals surface area contributed by atoms with E-state index in [9.17, 15) is 19.6 Å². The van der Waals surface area contributed by atoms with E-state index >= 15 is 0 Å². The fourth-order valence-electron chi connectivity index (χ4n) is 1.94. The predicted octanol–water partition coefficient (Wildman–Crippen LogP) is 1.20. The molecule has 4 N–H and O–H groups in total. The van der Waals surface area contributed by atoms with Crippen molar-refractivity contribution in [2.24, 2.45) is 0 Å². The van der Waals surface area contributed by atoms with Crippen molar-refractivity contribution >= 4 is 40.8 Å². The van der Waals surface area contributed by atoms with Gasteiger partial charge in [-0.15, -0.1) is 0 Å². The molecule has 21 heavy (non-hydrogen) atoms. The van der Waals surface area contributed by atoms with E-state index in [4.69, 9.17) is 39.4 Å². The zero-order valence-corrected chi connectivity index (χ0v) is 13.5. The van der Waals surface area contributed by atoms with Gasteiger partial charge in [-0.25, -0.2) is 0 Å². The minimum Gasteiger partial charge on any atom is -0.387 e. The highest BCUT2D eigenvalue weighted by Gasteiger charge is 2.45. The van der Waals surface area contributed by atoms with Crippen LogP contribution in [0, 0.1) is 4.77 Å². The molecule has 2 rings (SSSR count). The third-order valence-electron chi connectivity index (χ3n) is 2.91. The molecule has 1 saturated heterocycles. The van der Waals surface area contributed by atoms with Gasteiger partial charge < -0.3 is 24.5 Å². The van der Waals surface area contributed by atoms with Crippen LogP contribution >= 0.6 is 40.8 Å². The van der Waals surface area contributed by atoms with E-state index in [1.807, 2.05) is 0 Å². The summed E-state index contributed by atoms with van der Waals surface area (Å²) in [4.78, 5) is 16.7. The van der Waals surface area contributed by atoms with Crippen molar-refractivity contribution < 1.29 is 24.0 Å². The molecule has 0 aromatic carbocycles. The van der Waals surface area contributed by atoms with Crippen molar-refractivity contribution in [2.45, 2.75) is 24.4 Å². The van der Waals surface area contributed by atoms with E-state index in [1.54, 1.807) is 0 Å². The van der Waals surface area contributed by atoms with Crippen LogP contribution in [0.5, 0.6) is 0 Å². The molecule has 12 heteroatoms. The lowest BCUT2D eigenvalue weighted by atomic mass is 10.0. The molecule has 0 saturated carbocycles. The summed E-state index contributed by atoms with van der Waals surface area (Å²) in [6.07, 6.45) is -7.40. The molecular formula is C9H11Cl2N2O6PS. The standard InChI is InChI=1S/C9H11Cl2N2O6PS/c10-20(11,17)18-2-4-5(14)6(15)7(19-4)3-1-12-9(21)13-8(3)16/h1,4-7,14-15H,2H2,(H2,12,13,16,21). The van der Waals surface area contributed by atoms with Crippen molar-refractivity contribution in [3.8, 4) is 0 Å². The van der Waals surface area contributed by atoms with Gasteiger partial charge in [-0.05, 0) is 34.7 Å². The summed E-state index contributed by atoms with van der Waals surface area (Å²) in [5.41, 5.74) is -0.505. The molecule has 4 atom stereocenters. The molecule has 8 nitrogen and oxygen atoms in total. The Bertz CT molecular complexity index is 675. The molecule has 1 aromatic rings. The van der Waals surface area contributed by atoms with E-state index in [0.29, 0.717) is 0 Å². The SMILES string of the molecule is O=c1[nH]c(=S)[nH]cc1C1OC(COP(=O)(Cl)Cl)C(O)C1O. The Morgan fingerprint density at radius 1 is 1.43 bits per heavy atom. The number of hydrogen-bond donors (Lipinski definition) is 4. The average Bonchev–Trinajstić information content (AvgIpc) is 2.64. The van der Waals surface area contributed by atoms with Gasteiger partial charge in [0.25, 0.3) is 5.56 Å². The van der Waals surface area contributed by atoms with Gasteiger partial charge in [-0.2, -0.15) is 0 Å². The molecule has 0 amide bonds. The molecule has 2 heterocycles. The zero-order chi connectivity index (χ0) is 15.8. The van der Waals surface area contributed by atoms with Crippen LogP contribution in [0.4, 0.5) is 0 Å². The van der Waals surface area contributed by atoms with Gasteiger partial charge >= 0.3 is 6.07 Å². The van der Waals surface area contributed by atoms with Gasteiger partial charge in [0.2, 0.25) is 0 Å². The lowest BCUT2D eigenvalue weighted by molar-refractivity contribution is -0.0158. The number of aromatic nitrogens is 2. The summed E-state index contributed by atoms with van der Waals surface area (Å²) in [7, 11) is 0. The zero-order valence-electron chi connectivity index (χ0n) is 10.2. The summed E-state index contributed by atoms with van der Waals surface area (Å²) in [6.45, 7) is -0.403. The molecule has 0 radical (unpaired) electrons. The quantitative estimate of drug-likeness (QED) is 0.459. The van der Waals surface area contributed by atoms with Crippen LogP contribution in [0.25, 0.3) is 0 Å². The maximum absolute atomic E-state index is 11.8. The first-order chi connectivity index (χ1) is 9.69. The number of rotatable bonds is 4. The van der Waals surface area contributed by atoms with E-state index in [-0.39, 0.29) is 10.3 Å². The van der Waals surface area contributed by atoms with E-state index in [2.05, 4.69) is 14.5 Å². The van der Waals surface area contributed by atoms with E-state index in [1.165, 1.54) is 6.20 Å². The third-order valence-corrected chi connectivity index (χ3v) is 4.16. The summed E-state index contributed by atoms with van der Waals surface area (Å²) in [5, 5.41) is 19.8. The Morgan fingerprint density at radius 2 is 2.10 bits per heavy atom. The molecule has 1 aliphatic heterocycles. The minimum atomic E-state index is -3.79. The van der Waals surface area contributed by atoms with Gasteiger partial charge in [0.15, 0.2) is 4.77 Å². The number of ether oxygens (including phenoxy) is 1. The first-order valence-electron chi connectivity index (χ1n) is 5.66. The van der Waals surface area contributed by atoms with Crippen molar-refractivity contribution in [1.29, 1.82) is 0 Å². The fraction of sp³-hybridized carbons (Fsp3) is 0.556. The van der Waals surface area contributed by atoms with Crippen LogP contribution in [-0.4, -0.2) is 45.1 Å². The lowest BCUT2D eigenvalue weighted by Crippen LogP contribution is -2.33. The molecule has 0 aliphatic carbocycles. The Labute approximate surface area is 133 Å². The predicted molar refractivity (Wildman–Crippen MR) is 77.1 cm³/mol. The van der Waals surface area contributed by atoms with Crippen LogP contribution in [-0.2, 0) is 13.8 Å². The molecule has 0 spiro atoms. The second-order valence-electron chi connectivity index (χ2n) is 4.31. The fourth-order valence-corrected chi connectivity index (χ4v) is 2.75. The Balaban J connectivity index is 2.18. The first kappa shape index (κ1) is 17.1. The van der Waals surface area contributed by atoms with Crippen LogP contribution in [0.15, 0.2) is 11.0 Å². The number of halogens is 2. The normalized spacial score (nSPS) is 29.7. The first-order valence-corrected chi connectivity index (χ1v) is 9.51. The molecule has 1 aliphatic rings. The second-order valence-corrected chi connectivity index (χ2v) is 9.00. The highest BCUT2D eigenvalue weighted by molar-refractivity contribution is 8.05. The molecule has 118 valence electrons. The third kappa shape index (κ3) is 4.14. The van der Waals surface area contributed by atoms with E-state index in [0.717, 1.165) is 0 Å². The summed E-state index contributed by atoms with van der Waals surface area (Å²) < 4.78 is 21.1. The molecule has 0 bridgehead atoms. The van der Waals surface area contributed by atoms with Gasteiger partial charge in [0.05, 0.1) is 12.2 Å². The van der Waals surface area contributed by atoms with Gasteiger partial charge in [0, 0.05) is 6.20 Å². The summed E-state index contributed by atoms with van der Waals surface area (Å²) >= 11 is 15.2. The monoisotopic (exact) mass is 376 g/mol. The van der Waals surface area contributed by atoms with E-state index < -0.39 is 42.7 Å². The summed E-state index contributed by atoms with van der Waals surface area (Å²) in [5.74, 6) is 0. The topological polar surface area (TPSA) is 125 Å². The van der Waals surface area contributed by atoms with Crippen LogP contribution < -0.4 is 5.56 Å². The number of aliphatic hydroxyl groups excluding tert-OH is 2. The number of aromatic amines is 2. The number of nitrogens with one attached hydrogen (secondary N) is 2. The van der Waals surface area contributed by atoms with Gasteiger partial charge in [0.1, 0.15) is 24.4 Å². The van der Waals surface area contributed by atoms with Crippen LogP contribution in [0.1, 0.15) is 11.7 Å². The second kappa shape index (κ2) is 6.47. The lowest BCUT2D eigenvalue weighted by Gasteiger charge is -2.14. The van der Waals surface area contributed by atoms with Crippen LogP contribution in [0.3, 0.4) is 0 Å². The maximum Gasteiger partial charge on any atom is 0.380 e. The summed E-state index contributed by atoms with van der Waals surface area (Å²) in [6, 6.07) is 0. The van der Waals surface area contributed by atoms with Crippen molar-refractivity contribution in [1.82, 2.24) is 9.97 Å². The highest BCUT2D eigenvalue weighted by Crippen LogP contribution is 2.57. The average molecular weight is 377 g/mol. The van der Waals surface area contributed by atoms with Gasteiger partial charge in [-0.1, -0.05) is 0 Å². The van der Waals surface area contributed by atoms with Crippen molar-refractivity contribution in [3.05, 3.63) is 26.9 Å². The molecule has 1 fully saturated rings. The molecular weight excluding hydrogens is 366 g/mol. The Kier molecular flexibility index (Phi) is 5.27. The minimum absolute atomic E-state index is 0.0533. The van der Waals surface area contributed by atoms with Crippen molar-refractivity contribution in [3.63, 3.8) is 0 Å². The van der Waals surface area contributed by atoms with Gasteiger partial charge in [-0.3, -0.25) is 14.3 Å². The smallest absolute Gasteiger partial charge is 0.380 e. The number of aliphatic hydroxyl groups is 2. The molecule has 4 unspecified atom stereocenters. The number of H-pyrrole nitrogens is 2. The van der Waals surface area contributed by atoms with Crippen LogP contribution in [0.2, 0.25) is 0 Å². The Hall–Kier alpha value is -0.250. The largest absolute Gasteiger partial charge is 0.387 e. The van der Waals surface area contributed by atoms with Crippen molar-refractivity contribution in [2.75, 3.05) is 6.61 Å².